The lowest BCUT2D eigenvalue weighted by molar-refractivity contribution is -0.135. The van der Waals surface area contributed by atoms with Crippen molar-refractivity contribution in [3.63, 3.8) is 0 Å². The maximum atomic E-state index is 13.4. The van der Waals surface area contributed by atoms with Crippen LogP contribution < -0.4 is 5.32 Å². The van der Waals surface area contributed by atoms with E-state index in [-0.39, 0.29) is 11.8 Å². The van der Waals surface area contributed by atoms with Crippen LogP contribution in [0.25, 0.3) is 0 Å². The van der Waals surface area contributed by atoms with Crippen LogP contribution in [-0.2, 0) is 11.2 Å². The smallest absolute Gasteiger partial charge is 0.262 e. The van der Waals surface area contributed by atoms with E-state index in [2.05, 4.69) is 15.5 Å². The third kappa shape index (κ3) is 4.70. The van der Waals surface area contributed by atoms with Gasteiger partial charge in [0, 0.05) is 31.8 Å². The number of amides is 1. The molecule has 2 saturated heterocycles. The maximum absolute atomic E-state index is 13.4. The number of piperidine rings is 1. The number of hydrogen-bond donors (Lipinski definition) is 1. The van der Waals surface area contributed by atoms with Gasteiger partial charge in [0.05, 0.1) is 12.6 Å². The fourth-order valence-electron chi connectivity index (χ4n) is 4.84. The second kappa shape index (κ2) is 8.43. The van der Waals surface area contributed by atoms with E-state index < -0.39 is 24.9 Å². The number of halogens is 2. The van der Waals surface area contributed by atoms with Gasteiger partial charge in [-0.15, -0.1) is 0 Å². The highest BCUT2D eigenvalue weighted by Crippen LogP contribution is 2.31. The summed E-state index contributed by atoms with van der Waals surface area (Å²) < 4.78 is 32.3. The number of aromatic nitrogens is 2. The van der Waals surface area contributed by atoms with Crippen LogP contribution >= 0.6 is 0 Å². The summed E-state index contributed by atoms with van der Waals surface area (Å²) >= 11 is 0. The maximum Gasteiger partial charge on any atom is 0.262 e. The number of likely N-dealkylation sites (tertiary alicyclic amines) is 1. The molecule has 1 aromatic heterocycles. The van der Waals surface area contributed by atoms with Crippen molar-refractivity contribution >= 4 is 5.91 Å². The van der Waals surface area contributed by atoms with Gasteiger partial charge in [-0.2, -0.15) is 4.98 Å². The number of carbonyl (C=O) groups is 1. The van der Waals surface area contributed by atoms with Crippen molar-refractivity contribution in [2.75, 3.05) is 19.6 Å². The molecule has 8 heteroatoms. The largest absolute Gasteiger partial charge is 0.341 e. The molecule has 1 N–H and O–H groups in total. The minimum absolute atomic E-state index is 0.202. The number of carbonyl (C=O) groups excluding carboxylic acids is 1. The summed E-state index contributed by atoms with van der Waals surface area (Å²) in [6, 6.07) is -0.765. The Kier molecular flexibility index (Phi) is 5.94. The van der Waals surface area contributed by atoms with Crippen LogP contribution in [0.4, 0.5) is 8.78 Å². The van der Waals surface area contributed by atoms with Crippen molar-refractivity contribution in [2.24, 2.45) is 5.92 Å². The molecule has 3 aliphatic rings. The minimum atomic E-state index is -2.78. The van der Waals surface area contributed by atoms with E-state index in [0.29, 0.717) is 31.3 Å². The van der Waals surface area contributed by atoms with Crippen LogP contribution in [0.1, 0.15) is 75.4 Å². The molecular formula is C20H30F2N4O2. The molecule has 1 aromatic rings. The van der Waals surface area contributed by atoms with Crippen LogP contribution in [0.15, 0.2) is 4.52 Å². The molecule has 6 nitrogen and oxygen atoms in total. The fraction of sp³-hybridized carbons (Fsp3) is 0.850. The summed E-state index contributed by atoms with van der Waals surface area (Å²) in [5.74, 6) is -0.872. The van der Waals surface area contributed by atoms with E-state index in [1.54, 1.807) is 4.90 Å². The number of nitrogens with zero attached hydrogens (tertiary/aromatic N) is 3. The quantitative estimate of drug-likeness (QED) is 0.791. The average molecular weight is 396 g/mol. The molecule has 156 valence electrons. The summed E-state index contributed by atoms with van der Waals surface area (Å²) in [4.78, 5) is 19.0. The summed E-state index contributed by atoms with van der Waals surface area (Å²) in [7, 11) is 0. The lowest BCUT2D eigenvalue weighted by Crippen LogP contribution is -2.48. The van der Waals surface area contributed by atoms with Crippen LogP contribution in [0.5, 0.6) is 0 Å². The first-order chi connectivity index (χ1) is 13.5. The van der Waals surface area contributed by atoms with Gasteiger partial charge in [-0.1, -0.05) is 30.8 Å². The van der Waals surface area contributed by atoms with Gasteiger partial charge in [0.25, 0.3) is 5.92 Å². The zero-order valence-electron chi connectivity index (χ0n) is 16.3. The van der Waals surface area contributed by atoms with Crippen LogP contribution in [0.3, 0.4) is 0 Å². The molecule has 3 heterocycles. The molecule has 2 aliphatic heterocycles. The minimum Gasteiger partial charge on any atom is -0.341 e. The Morgan fingerprint density at radius 1 is 1.18 bits per heavy atom. The third-order valence-electron chi connectivity index (χ3n) is 6.41. The molecule has 4 rings (SSSR count). The highest BCUT2D eigenvalue weighted by molar-refractivity contribution is 5.82. The third-order valence-corrected chi connectivity index (χ3v) is 6.41. The van der Waals surface area contributed by atoms with E-state index in [0.717, 1.165) is 31.5 Å². The first kappa shape index (κ1) is 19.7. The van der Waals surface area contributed by atoms with Crippen LogP contribution in [0, 0.1) is 5.92 Å². The molecule has 3 fully saturated rings. The van der Waals surface area contributed by atoms with Crippen molar-refractivity contribution in [1.82, 2.24) is 20.4 Å². The zero-order valence-corrected chi connectivity index (χ0v) is 16.3. The Morgan fingerprint density at radius 2 is 1.96 bits per heavy atom. The van der Waals surface area contributed by atoms with Crippen molar-refractivity contribution in [1.29, 1.82) is 0 Å². The lowest BCUT2D eigenvalue weighted by atomic mass is 9.94. The zero-order chi connectivity index (χ0) is 19.6. The number of alkyl halides is 2. The molecule has 2 unspecified atom stereocenters. The summed E-state index contributed by atoms with van der Waals surface area (Å²) in [5, 5.41) is 6.89. The molecule has 0 bridgehead atoms. The van der Waals surface area contributed by atoms with E-state index in [1.165, 1.54) is 25.7 Å². The Morgan fingerprint density at radius 3 is 2.68 bits per heavy atom. The van der Waals surface area contributed by atoms with Gasteiger partial charge < -0.3 is 9.42 Å². The van der Waals surface area contributed by atoms with E-state index >= 15 is 0 Å². The summed E-state index contributed by atoms with van der Waals surface area (Å²) in [5.41, 5.74) is 0. The predicted molar refractivity (Wildman–Crippen MR) is 99.1 cm³/mol. The van der Waals surface area contributed by atoms with Crippen LogP contribution in [-0.4, -0.2) is 52.5 Å². The predicted octanol–water partition coefficient (Wildman–Crippen LogP) is 3.29. The molecule has 1 saturated carbocycles. The van der Waals surface area contributed by atoms with Gasteiger partial charge >= 0.3 is 0 Å². The first-order valence-corrected chi connectivity index (χ1v) is 10.7. The van der Waals surface area contributed by atoms with Gasteiger partial charge in [-0.05, 0) is 31.6 Å². The topological polar surface area (TPSA) is 71.3 Å². The molecule has 0 spiro atoms. The van der Waals surface area contributed by atoms with Crippen molar-refractivity contribution in [3.8, 4) is 0 Å². The Bertz CT molecular complexity index is 673. The molecule has 1 amide bonds. The Labute approximate surface area is 164 Å². The fourth-order valence-corrected chi connectivity index (χ4v) is 4.84. The highest BCUT2D eigenvalue weighted by atomic mass is 19.3. The average Bonchev–Trinajstić information content (AvgIpc) is 3.18. The van der Waals surface area contributed by atoms with E-state index in [4.69, 9.17) is 4.52 Å². The monoisotopic (exact) mass is 396 g/mol. The SMILES string of the molecule is O=C(C1CC(F)(F)CN1)N1CCCC(Cc2nc(C3CCCCCC3)no2)C1. The van der Waals surface area contributed by atoms with Crippen LogP contribution in [0.2, 0.25) is 0 Å². The number of hydrogen-bond acceptors (Lipinski definition) is 5. The second-order valence-electron chi connectivity index (χ2n) is 8.72. The molecule has 28 heavy (non-hydrogen) atoms. The standard InChI is InChI=1S/C20H30F2N4O2/c21-20(22)11-16(23-13-20)19(27)26-9-5-6-14(12-26)10-17-24-18(25-28-17)15-7-3-1-2-4-8-15/h14-16,23H,1-13H2. The molecule has 1 aliphatic carbocycles. The van der Waals surface area contributed by atoms with E-state index in [9.17, 15) is 13.6 Å². The number of nitrogens with one attached hydrogen (secondary N) is 1. The molecule has 2 atom stereocenters. The van der Waals surface area contributed by atoms with E-state index in [1.807, 2.05) is 0 Å². The lowest BCUT2D eigenvalue weighted by Gasteiger charge is -2.33. The van der Waals surface area contributed by atoms with Gasteiger partial charge in [-0.3, -0.25) is 10.1 Å². The molecule has 0 aromatic carbocycles. The second-order valence-corrected chi connectivity index (χ2v) is 8.72. The Balaban J connectivity index is 1.32. The van der Waals surface area contributed by atoms with Gasteiger partial charge in [0.1, 0.15) is 0 Å². The number of rotatable bonds is 4. The molecule has 0 radical (unpaired) electrons. The normalized spacial score (nSPS) is 29.0. The first-order valence-electron chi connectivity index (χ1n) is 10.7. The van der Waals surface area contributed by atoms with Crippen molar-refractivity contribution in [2.45, 2.75) is 82.1 Å². The summed E-state index contributed by atoms with van der Waals surface area (Å²) in [6.45, 7) is 0.798. The molecular weight excluding hydrogens is 366 g/mol. The van der Waals surface area contributed by atoms with Gasteiger partial charge in [0.2, 0.25) is 11.8 Å². The highest BCUT2D eigenvalue weighted by Gasteiger charge is 2.44. The van der Waals surface area contributed by atoms with Gasteiger partial charge in [-0.25, -0.2) is 8.78 Å². The van der Waals surface area contributed by atoms with Crippen molar-refractivity contribution in [3.05, 3.63) is 11.7 Å². The van der Waals surface area contributed by atoms with Gasteiger partial charge in [0.15, 0.2) is 5.82 Å². The summed E-state index contributed by atoms with van der Waals surface area (Å²) in [6.07, 6.45) is 9.39. The Hall–Kier alpha value is -1.57. The van der Waals surface area contributed by atoms with Crippen molar-refractivity contribution < 1.29 is 18.1 Å².